The molecular weight excluding hydrogens is 488 g/mol. The molecule has 0 atom stereocenters. The van der Waals surface area contributed by atoms with Crippen molar-refractivity contribution in [3.63, 3.8) is 0 Å². The van der Waals surface area contributed by atoms with Crippen LogP contribution in [0.5, 0.6) is 0 Å². The molecule has 2 aromatic carbocycles. The van der Waals surface area contributed by atoms with Gasteiger partial charge in [0.1, 0.15) is 5.82 Å². The summed E-state index contributed by atoms with van der Waals surface area (Å²) >= 11 is 0. The molecule has 0 saturated carbocycles. The van der Waals surface area contributed by atoms with Crippen LogP contribution >= 0.6 is 0 Å². The Morgan fingerprint density at radius 2 is 1.73 bits per heavy atom. The molecule has 1 aliphatic rings. The summed E-state index contributed by atoms with van der Waals surface area (Å²) in [5, 5.41) is 9.64. The lowest BCUT2D eigenvalue weighted by Crippen LogP contribution is -2.46. The van der Waals surface area contributed by atoms with Crippen LogP contribution in [0.15, 0.2) is 59.6 Å². The fraction of sp³-hybridized carbons (Fsp3) is 0.370. The number of nitrogens with one attached hydrogen (secondary N) is 3. The number of piperazine rings is 1. The minimum Gasteiger partial charge on any atom is -0.340 e. The normalized spacial score (nSPS) is 14.3. The lowest BCUT2D eigenvalue weighted by Gasteiger charge is -2.27. The van der Waals surface area contributed by atoms with E-state index in [1.807, 2.05) is 44.7 Å². The van der Waals surface area contributed by atoms with Gasteiger partial charge in [-0.3, -0.25) is 4.79 Å². The molecule has 2 heterocycles. The van der Waals surface area contributed by atoms with Crippen molar-refractivity contribution in [2.75, 3.05) is 42.6 Å². The topological polar surface area (TPSA) is 116 Å². The standard InChI is InChI=1S/C27H34N6O3S/c1-19-17-29-26(31-21-10-8-20(9-11-21)25(34)33-14-12-28-13-15-33)32-24(19)30-22-6-5-7-23(16-22)37(35,36)18-27(2,3)4/h5-11,16-17,28H,12-15,18H2,1-4H3,(H2,29,30,31,32). The first-order valence-corrected chi connectivity index (χ1v) is 14.0. The smallest absolute Gasteiger partial charge is 0.253 e. The van der Waals surface area contributed by atoms with Gasteiger partial charge in [-0.15, -0.1) is 0 Å². The van der Waals surface area contributed by atoms with E-state index in [9.17, 15) is 13.2 Å². The number of anilines is 4. The minimum absolute atomic E-state index is 0.0258. The maximum Gasteiger partial charge on any atom is 0.253 e. The van der Waals surface area contributed by atoms with Gasteiger partial charge in [0, 0.05) is 54.9 Å². The van der Waals surface area contributed by atoms with Gasteiger partial charge in [-0.1, -0.05) is 26.8 Å². The molecule has 1 amide bonds. The van der Waals surface area contributed by atoms with Crippen LogP contribution in [0.3, 0.4) is 0 Å². The third-order valence-electron chi connectivity index (χ3n) is 5.84. The molecule has 1 fully saturated rings. The molecule has 0 radical (unpaired) electrons. The van der Waals surface area contributed by atoms with Crippen LogP contribution in [0.1, 0.15) is 36.7 Å². The Morgan fingerprint density at radius 1 is 1.03 bits per heavy atom. The summed E-state index contributed by atoms with van der Waals surface area (Å²) in [6, 6.07) is 14.0. The maximum absolute atomic E-state index is 12.8. The van der Waals surface area contributed by atoms with Gasteiger partial charge in [0.25, 0.3) is 5.91 Å². The van der Waals surface area contributed by atoms with Crippen molar-refractivity contribution in [1.29, 1.82) is 0 Å². The van der Waals surface area contributed by atoms with E-state index in [1.54, 1.807) is 42.6 Å². The van der Waals surface area contributed by atoms with Gasteiger partial charge in [0.15, 0.2) is 9.84 Å². The van der Waals surface area contributed by atoms with Crippen molar-refractivity contribution in [2.24, 2.45) is 5.41 Å². The number of hydrogen-bond donors (Lipinski definition) is 3. The third-order valence-corrected chi connectivity index (χ3v) is 8.06. The number of aromatic nitrogens is 2. The van der Waals surface area contributed by atoms with Gasteiger partial charge in [-0.2, -0.15) is 4.98 Å². The number of hydrogen-bond acceptors (Lipinski definition) is 8. The van der Waals surface area contributed by atoms with E-state index in [-0.39, 0.29) is 22.0 Å². The van der Waals surface area contributed by atoms with Crippen LogP contribution in [-0.4, -0.2) is 61.1 Å². The molecule has 0 unspecified atom stereocenters. The molecule has 0 aliphatic carbocycles. The lowest BCUT2D eigenvalue weighted by molar-refractivity contribution is 0.0736. The second-order valence-electron chi connectivity index (χ2n) is 10.4. The monoisotopic (exact) mass is 522 g/mol. The van der Waals surface area contributed by atoms with E-state index < -0.39 is 9.84 Å². The first-order valence-electron chi connectivity index (χ1n) is 12.3. The number of aryl methyl sites for hydroxylation is 1. The number of carbonyl (C=O) groups excluding carboxylic acids is 1. The van der Waals surface area contributed by atoms with Gasteiger partial charge >= 0.3 is 0 Å². The largest absolute Gasteiger partial charge is 0.340 e. The fourth-order valence-electron chi connectivity index (χ4n) is 4.06. The van der Waals surface area contributed by atoms with Crippen LogP contribution in [0.2, 0.25) is 0 Å². The fourth-order valence-corrected chi connectivity index (χ4v) is 5.96. The Balaban J connectivity index is 1.47. The number of rotatable bonds is 7. The molecule has 1 saturated heterocycles. The van der Waals surface area contributed by atoms with Crippen molar-refractivity contribution < 1.29 is 13.2 Å². The predicted octanol–water partition coefficient (Wildman–Crippen LogP) is 4.14. The van der Waals surface area contributed by atoms with Gasteiger partial charge in [0.2, 0.25) is 5.95 Å². The summed E-state index contributed by atoms with van der Waals surface area (Å²) in [6.45, 7) is 10.6. The molecule has 10 heteroatoms. The van der Waals surface area contributed by atoms with Crippen molar-refractivity contribution in [3.8, 4) is 0 Å². The average Bonchev–Trinajstić information content (AvgIpc) is 2.85. The Morgan fingerprint density at radius 3 is 2.41 bits per heavy atom. The minimum atomic E-state index is -3.42. The molecule has 37 heavy (non-hydrogen) atoms. The van der Waals surface area contributed by atoms with E-state index in [0.29, 0.717) is 36.1 Å². The van der Waals surface area contributed by atoms with Gasteiger partial charge < -0.3 is 20.9 Å². The van der Waals surface area contributed by atoms with E-state index in [4.69, 9.17) is 0 Å². The molecule has 1 aromatic heterocycles. The summed E-state index contributed by atoms with van der Waals surface area (Å²) in [5.74, 6) is 1.03. The van der Waals surface area contributed by atoms with Crippen LogP contribution < -0.4 is 16.0 Å². The Hall–Kier alpha value is -3.50. The van der Waals surface area contributed by atoms with Crippen molar-refractivity contribution in [1.82, 2.24) is 20.2 Å². The Labute approximate surface area is 218 Å². The molecule has 3 aromatic rings. The van der Waals surface area contributed by atoms with Crippen LogP contribution in [0, 0.1) is 12.3 Å². The second-order valence-corrected chi connectivity index (χ2v) is 12.4. The first-order chi connectivity index (χ1) is 17.5. The summed E-state index contributed by atoms with van der Waals surface area (Å²) < 4.78 is 25.7. The highest BCUT2D eigenvalue weighted by molar-refractivity contribution is 7.91. The van der Waals surface area contributed by atoms with E-state index in [0.717, 1.165) is 24.3 Å². The van der Waals surface area contributed by atoms with Crippen LogP contribution in [0.4, 0.5) is 23.1 Å². The van der Waals surface area contributed by atoms with E-state index >= 15 is 0 Å². The zero-order valence-corrected chi connectivity index (χ0v) is 22.5. The quantitative estimate of drug-likeness (QED) is 0.424. The molecule has 1 aliphatic heterocycles. The highest BCUT2D eigenvalue weighted by Gasteiger charge is 2.24. The SMILES string of the molecule is Cc1cnc(Nc2ccc(C(=O)N3CCNCC3)cc2)nc1Nc1cccc(S(=O)(=O)CC(C)(C)C)c1. The van der Waals surface area contributed by atoms with Crippen LogP contribution in [0.25, 0.3) is 0 Å². The van der Waals surface area contributed by atoms with Gasteiger partial charge in [-0.05, 0) is 54.8 Å². The van der Waals surface area contributed by atoms with E-state index in [2.05, 4.69) is 25.9 Å². The number of amides is 1. The molecule has 9 nitrogen and oxygen atoms in total. The molecule has 0 bridgehead atoms. The molecule has 3 N–H and O–H groups in total. The van der Waals surface area contributed by atoms with Crippen molar-refractivity contribution in [3.05, 3.63) is 65.9 Å². The van der Waals surface area contributed by atoms with Gasteiger partial charge in [-0.25, -0.2) is 13.4 Å². The number of carbonyl (C=O) groups is 1. The summed E-state index contributed by atoms with van der Waals surface area (Å²) in [4.78, 5) is 23.8. The van der Waals surface area contributed by atoms with Gasteiger partial charge in [0.05, 0.1) is 10.6 Å². The van der Waals surface area contributed by atoms with E-state index in [1.165, 1.54) is 0 Å². The summed E-state index contributed by atoms with van der Waals surface area (Å²) in [6.07, 6.45) is 1.69. The van der Waals surface area contributed by atoms with Crippen LogP contribution in [-0.2, 0) is 9.84 Å². The highest BCUT2D eigenvalue weighted by atomic mass is 32.2. The number of sulfone groups is 1. The lowest BCUT2D eigenvalue weighted by atomic mass is 10.0. The van der Waals surface area contributed by atoms with Crippen molar-refractivity contribution in [2.45, 2.75) is 32.6 Å². The highest BCUT2D eigenvalue weighted by Crippen LogP contribution is 2.26. The summed E-state index contributed by atoms with van der Waals surface area (Å²) in [7, 11) is -3.42. The predicted molar refractivity (Wildman–Crippen MR) is 146 cm³/mol. The number of nitrogens with zero attached hydrogens (tertiary/aromatic N) is 3. The molecule has 4 rings (SSSR count). The zero-order valence-electron chi connectivity index (χ0n) is 21.7. The second kappa shape index (κ2) is 10.9. The van der Waals surface area contributed by atoms with Crippen molar-refractivity contribution >= 4 is 38.9 Å². The number of benzene rings is 2. The molecule has 196 valence electrons. The zero-order chi connectivity index (χ0) is 26.6. The third kappa shape index (κ3) is 7.05. The Bertz CT molecular complexity index is 1360. The average molecular weight is 523 g/mol. The first kappa shape index (κ1) is 26.6. The molecular formula is C27H34N6O3S. The molecule has 0 spiro atoms. The Kier molecular flexibility index (Phi) is 7.79. The maximum atomic E-state index is 12.8. The summed E-state index contributed by atoms with van der Waals surface area (Å²) in [5.41, 5.74) is 2.48.